The van der Waals surface area contributed by atoms with Crippen LogP contribution in [0.3, 0.4) is 0 Å². The Kier molecular flexibility index (Phi) is 4.41. The summed E-state index contributed by atoms with van der Waals surface area (Å²) in [6.07, 6.45) is 1.34. The van der Waals surface area contributed by atoms with E-state index in [-0.39, 0.29) is 18.7 Å². The van der Waals surface area contributed by atoms with Gasteiger partial charge in [-0.25, -0.2) is 4.79 Å². The first-order chi connectivity index (χ1) is 8.81. The van der Waals surface area contributed by atoms with Crippen molar-refractivity contribution >= 4 is 6.03 Å². The molecule has 1 aromatic carbocycles. The van der Waals surface area contributed by atoms with Crippen molar-refractivity contribution in [2.45, 2.75) is 18.9 Å². The van der Waals surface area contributed by atoms with Crippen molar-refractivity contribution in [3.05, 3.63) is 29.8 Å². The minimum atomic E-state index is -0.204. The van der Waals surface area contributed by atoms with Crippen LogP contribution in [0.5, 0.6) is 5.75 Å². The number of hydrogen-bond donors (Lipinski definition) is 3. The molecule has 5 heteroatoms. The Morgan fingerprint density at radius 2 is 2.28 bits per heavy atom. The zero-order valence-corrected chi connectivity index (χ0v) is 10.2. The van der Waals surface area contributed by atoms with Gasteiger partial charge in [-0.2, -0.15) is 0 Å². The van der Waals surface area contributed by atoms with E-state index in [0.717, 1.165) is 17.7 Å². The lowest BCUT2D eigenvalue weighted by molar-refractivity contribution is 0.222. The van der Waals surface area contributed by atoms with Gasteiger partial charge in [-0.3, -0.25) is 0 Å². The molecule has 0 saturated heterocycles. The average molecular weight is 250 g/mol. The summed E-state index contributed by atoms with van der Waals surface area (Å²) in [5.74, 6) is 0.837. The molecular formula is C13H18N2O3. The van der Waals surface area contributed by atoms with Crippen molar-refractivity contribution in [1.82, 2.24) is 10.6 Å². The van der Waals surface area contributed by atoms with Crippen molar-refractivity contribution in [3.8, 4) is 5.75 Å². The van der Waals surface area contributed by atoms with Crippen molar-refractivity contribution in [3.63, 3.8) is 0 Å². The third-order valence-corrected chi connectivity index (χ3v) is 2.88. The molecule has 0 spiro atoms. The van der Waals surface area contributed by atoms with E-state index in [0.29, 0.717) is 19.6 Å². The zero-order valence-electron chi connectivity index (χ0n) is 10.2. The van der Waals surface area contributed by atoms with Crippen molar-refractivity contribution < 1.29 is 14.6 Å². The molecule has 5 nitrogen and oxygen atoms in total. The molecule has 1 heterocycles. The number of rotatable bonds is 4. The number of urea groups is 1. The fourth-order valence-corrected chi connectivity index (χ4v) is 1.98. The number of ether oxygens (including phenoxy) is 1. The van der Waals surface area contributed by atoms with Gasteiger partial charge in [0.15, 0.2) is 0 Å². The van der Waals surface area contributed by atoms with E-state index in [9.17, 15) is 4.79 Å². The molecule has 0 unspecified atom stereocenters. The number of benzene rings is 1. The zero-order chi connectivity index (χ0) is 12.8. The lowest BCUT2D eigenvalue weighted by atomic mass is 10.0. The van der Waals surface area contributed by atoms with Gasteiger partial charge in [-0.05, 0) is 12.5 Å². The number of carbonyl (C=O) groups excluding carboxylic acids is 1. The molecule has 1 aliphatic rings. The van der Waals surface area contributed by atoms with Crippen LogP contribution in [0.1, 0.15) is 24.4 Å². The Morgan fingerprint density at radius 1 is 1.44 bits per heavy atom. The summed E-state index contributed by atoms with van der Waals surface area (Å²) in [6.45, 7) is 1.17. The molecule has 0 saturated carbocycles. The van der Waals surface area contributed by atoms with E-state index in [2.05, 4.69) is 10.6 Å². The van der Waals surface area contributed by atoms with Crippen molar-refractivity contribution in [2.75, 3.05) is 19.8 Å². The summed E-state index contributed by atoms with van der Waals surface area (Å²) in [5.41, 5.74) is 1.01. The highest BCUT2D eigenvalue weighted by Gasteiger charge is 2.22. The number of carbonyl (C=O) groups is 1. The molecular weight excluding hydrogens is 232 g/mol. The van der Waals surface area contributed by atoms with Gasteiger partial charge in [0.2, 0.25) is 0 Å². The van der Waals surface area contributed by atoms with Gasteiger partial charge in [0, 0.05) is 25.1 Å². The van der Waals surface area contributed by atoms with E-state index in [4.69, 9.17) is 9.84 Å². The summed E-state index contributed by atoms with van der Waals surface area (Å²) in [5, 5.41) is 14.3. The summed E-state index contributed by atoms with van der Waals surface area (Å²) >= 11 is 0. The maximum atomic E-state index is 11.7. The Morgan fingerprint density at radius 3 is 3.11 bits per heavy atom. The lowest BCUT2D eigenvalue weighted by Crippen LogP contribution is -2.40. The van der Waals surface area contributed by atoms with Crippen LogP contribution in [-0.4, -0.2) is 30.9 Å². The van der Waals surface area contributed by atoms with Crippen LogP contribution < -0.4 is 15.4 Å². The molecule has 0 radical (unpaired) electrons. The first kappa shape index (κ1) is 12.7. The molecule has 3 N–H and O–H groups in total. The number of amides is 2. The first-order valence-electron chi connectivity index (χ1n) is 6.18. The molecule has 1 atom stereocenters. The van der Waals surface area contributed by atoms with Crippen LogP contribution in [0.25, 0.3) is 0 Å². The summed E-state index contributed by atoms with van der Waals surface area (Å²) in [6, 6.07) is 7.52. The van der Waals surface area contributed by atoms with Crippen molar-refractivity contribution in [1.29, 1.82) is 0 Å². The van der Waals surface area contributed by atoms with Gasteiger partial charge in [-0.15, -0.1) is 0 Å². The number of hydrogen-bond acceptors (Lipinski definition) is 3. The number of nitrogens with one attached hydrogen (secondary N) is 2. The molecule has 2 rings (SSSR count). The summed E-state index contributed by atoms with van der Waals surface area (Å²) < 4.78 is 5.53. The Balaban J connectivity index is 1.92. The minimum absolute atomic E-state index is 0.0101. The fraction of sp³-hybridized carbons (Fsp3) is 0.462. The van der Waals surface area contributed by atoms with Crippen LogP contribution >= 0.6 is 0 Å². The van der Waals surface area contributed by atoms with Crippen molar-refractivity contribution in [2.24, 2.45) is 0 Å². The Labute approximate surface area is 106 Å². The lowest BCUT2D eigenvalue weighted by Gasteiger charge is -2.26. The normalized spacial score (nSPS) is 17.5. The second-order valence-corrected chi connectivity index (χ2v) is 4.20. The topological polar surface area (TPSA) is 70.6 Å². The number of aliphatic hydroxyl groups excluding tert-OH is 1. The van der Waals surface area contributed by atoms with E-state index < -0.39 is 0 Å². The molecule has 98 valence electrons. The fourth-order valence-electron chi connectivity index (χ4n) is 1.98. The molecule has 0 aromatic heterocycles. The standard InChI is InChI=1S/C13H18N2O3/c16-8-3-7-14-13(17)15-11-6-9-18-12-5-2-1-4-10(11)12/h1-2,4-5,11,16H,3,6-9H2,(H2,14,15,17)/t11-/m0/s1. The van der Waals surface area contributed by atoms with E-state index >= 15 is 0 Å². The smallest absolute Gasteiger partial charge is 0.315 e. The van der Waals surface area contributed by atoms with Crippen LogP contribution in [-0.2, 0) is 0 Å². The number of para-hydroxylation sites is 1. The highest BCUT2D eigenvalue weighted by molar-refractivity contribution is 5.74. The summed E-state index contributed by atoms with van der Waals surface area (Å²) in [7, 11) is 0. The van der Waals surface area contributed by atoms with Gasteiger partial charge < -0.3 is 20.5 Å². The van der Waals surface area contributed by atoms with E-state index in [1.165, 1.54) is 0 Å². The molecule has 2 amide bonds. The van der Waals surface area contributed by atoms with Gasteiger partial charge in [0.05, 0.1) is 12.6 Å². The van der Waals surface area contributed by atoms with E-state index in [1.54, 1.807) is 0 Å². The SMILES string of the molecule is O=C(NCCCO)N[C@H]1CCOc2ccccc21. The maximum absolute atomic E-state index is 11.7. The Hall–Kier alpha value is -1.75. The Bertz CT molecular complexity index is 409. The van der Waals surface area contributed by atoms with Gasteiger partial charge in [0.1, 0.15) is 5.75 Å². The van der Waals surface area contributed by atoms with Crippen LogP contribution in [0, 0.1) is 0 Å². The second-order valence-electron chi connectivity index (χ2n) is 4.20. The van der Waals surface area contributed by atoms with Crippen LogP contribution in [0.4, 0.5) is 4.79 Å². The first-order valence-corrected chi connectivity index (χ1v) is 6.18. The highest BCUT2D eigenvalue weighted by Crippen LogP contribution is 2.31. The molecule has 18 heavy (non-hydrogen) atoms. The van der Waals surface area contributed by atoms with Crippen LogP contribution in [0.2, 0.25) is 0 Å². The average Bonchev–Trinajstić information content (AvgIpc) is 2.39. The largest absolute Gasteiger partial charge is 0.493 e. The van der Waals surface area contributed by atoms with Gasteiger partial charge in [-0.1, -0.05) is 18.2 Å². The van der Waals surface area contributed by atoms with Crippen LogP contribution in [0.15, 0.2) is 24.3 Å². The number of fused-ring (bicyclic) bond motifs is 1. The molecule has 0 bridgehead atoms. The third kappa shape index (κ3) is 3.13. The third-order valence-electron chi connectivity index (χ3n) is 2.88. The minimum Gasteiger partial charge on any atom is -0.493 e. The highest BCUT2D eigenvalue weighted by atomic mass is 16.5. The quantitative estimate of drug-likeness (QED) is 0.703. The van der Waals surface area contributed by atoms with Gasteiger partial charge in [0.25, 0.3) is 0 Å². The maximum Gasteiger partial charge on any atom is 0.315 e. The van der Waals surface area contributed by atoms with Gasteiger partial charge >= 0.3 is 6.03 Å². The monoisotopic (exact) mass is 250 g/mol. The summed E-state index contributed by atoms with van der Waals surface area (Å²) in [4.78, 5) is 11.7. The second kappa shape index (κ2) is 6.26. The molecule has 0 fully saturated rings. The predicted octanol–water partition coefficient (Wildman–Crippen LogP) is 1.19. The number of aliphatic hydroxyl groups is 1. The molecule has 1 aromatic rings. The molecule has 0 aliphatic carbocycles. The predicted molar refractivity (Wildman–Crippen MR) is 67.5 cm³/mol. The molecule has 1 aliphatic heterocycles. The van der Waals surface area contributed by atoms with E-state index in [1.807, 2.05) is 24.3 Å².